The maximum absolute atomic E-state index is 12.8. The van der Waals surface area contributed by atoms with Crippen LogP contribution in [0.4, 0.5) is 4.79 Å². The van der Waals surface area contributed by atoms with E-state index in [0.29, 0.717) is 26.2 Å². The highest BCUT2D eigenvalue weighted by Gasteiger charge is 2.44. The van der Waals surface area contributed by atoms with Gasteiger partial charge in [0.25, 0.3) is 0 Å². The van der Waals surface area contributed by atoms with Crippen LogP contribution in [0.2, 0.25) is 0 Å². The third kappa shape index (κ3) is 3.94. The summed E-state index contributed by atoms with van der Waals surface area (Å²) in [6, 6.07) is -0.675. The van der Waals surface area contributed by atoms with Crippen molar-refractivity contribution in [3.05, 3.63) is 5.57 Å². The highest BCUT2D eigenvalue weighted by Crippen LogP contribution is 2.28. The number of urea groups is 1. The quantitative estimate of drug-likeness (QED) is 0.675. The largest absolute Gasteiger partial charge is 0.325 e. The molecule has 2 aliphatic heterocycles. The summed E-state index contributed by atoms with van der Waals surface area (Å²) in [4.78, 5) is 29.3. The van der Waals surface area contributed by atoms with Crippen LogP contribution >= 0.6 is 0 Å². The Morgan fingerprint density at radius 1 is 1.26 bits per heavy atom. The third-order valence-electron chi connectivity index (χ3n) is 4.48. The number of likely N-dealkylation sites (N-methyl/N-ethyl adjacent to an activating group) is 1. The van der Waals surface area contributed by atoms with Crippen molar-refractivity contribution in [2.75, 3.05) is 46.5 Å². The molecule has 0 aromatic heterocycles. The van der Waals surface area contributed by atoms with E-state index in [9.17, 15) is 18.0 Å². The van der Waals surface area contributed by atoms with Gasteiger partial charge in [-0.15, -0.1) is 0 Å². The molecule has 0 saturated carbocycles. The molecule has 23 heavy (non-hydrogen) atoms. The first-order valence-electron chi connectivity index (χ1n) is 7.88. The fourth-order valence-electron chi connectivity index (χ4n) is 3.49. The summed E-state index contributed by atoms with van der Waals surface area (Å²) < 4.78 is 24.5. The van der Waals surface area contributed by atoms with Crippen LogP contribution in [0.5, 0.6) is 0 Å². The topological polar surface area (TPSA) is 78.0 Å². The van der Waals surface area contributed by atoms with Gasteiger partial charge in [0, 0.05) is 38.0 Å². The lowest BCUT2D eigenvalue weighted by atomic mass is 9.96. The molecule has 0 bridgehead atoms. The van der Waals surface area contributed by atoms with Crippen LogP contribution in [0, 0.1) is 0 Å². The van der Waals surface area contributed by atoms with Crippen molar-refractivity contribution >= 4 is 21.8 Å². The normalized spacial score (nSPS) is 25.8. The zero-order chi connectivity index (χ0) is 17.2. The Balaban J connectivity index is 2.37. The van der Waals surface area contributed by atoms with E-state index in [1.807, 2.05) is 24.9 Å². The molecule has 0 aromatic carbocycles. The lowest BCUT2D eigenvalue weighted by Crippen LogP contribution is -2.60. The zero-order valence-electron chi connectivity index (χ0n) is 14.0. The fourth-order valence-corrected chi connectivity index (χ4v) is 4.98. The second kappa shape index (κ2) is 7.03. The van der Waals surface area contributed by atoms with Gasteiger partial charge < -0.3 is 14.7 Å². The summed E-state index contributed by atoms with van der Waals surface area (Å²) in [5.41, 5.74) is 0.254. The number of piperidine rings is 1. The van der Waals surface area contributed by atoms with Gasteiger partial charge in [-0.3, -0.25) is 0 Å². The molecular weight excluding hydrogens is 318 g/mol. The highest BCUT2D eigenvalue weighted by atomic mass is 32.2. The Kier molecular flexibility index (Phi) is 5.49. The summed E-state index contributed by atoms with van der Waals surface area (Å²) in [5, 5.41) is -0.970. The number of nitrogens with zero attached hydrogens (tertiary/aromatic N) is 3. The Hall–Kier alpha value is -1.37. The highest BCUT2D eigenvalue weighted by molar-refractivity contribution is 7.91. The average Bonchev–Trinajstić information content (AvgIpc) is 2.98. The lowest BCUT2D eigenvalue weighted by Gasteiger charge is -2.43. The zero-order valence-corrected chi connectivity index (χ0v) is 14.8. The number of carbonyl (C=O) groups is 1. The van der Waals surface area contributed by atoms with E-state index in [2.05, 4.69) is 0 Å². The summed E-state index contributed by atoms with van der Waals surface area (Å²) >= 11 is 0. The Bertz CT molecular complexity index is 604. The molecule has 2 unspecified atom stereocenters. The van der Waals surface area contributed by atoms with Gasteiger partial charge in [0.1, 0.15) is 11.2 Å². The molecule has 130 valence electrons. The predicted molar refractivity (Wildman–Crippen MR) is 87.7 cm³/mol. The molecule has 2 aliphatic rings. The number of amides is 2. The van der Waals surface area contributed by atoms with Crippen LogP contribution < -0.4 is 0 Å². The molecule has 8 heteroatoms. The van der Waals surface area contributed by atoms with Gasteiger partial charge in [-0.25, -0.2) is 18.0 Å². The molecule has 2 heterocycles. The van der Waals surface area contributed by atoms with Gasteiger partial charge >= 0.3 is 6.03 Å². The van der Waals surface area contributed by atoms with Gasteiger partial charge in [-0.1, -0.05) is 0 Å². The predicted octanol–water partition coefficient (Wildman–Crippen LogP) is 0.00930. The molecule has 2 fully saturated rings. The maximum Gasteiger partial charge on any atom is 0.320 e. The molecular formula is C15H25N3O4S. The van der Waals surface area contributed by atoms with Crippen molar-refractivity contribution in [2.45, 2.75) is 30.6 Å². The van der Waals surface area contributed by atoms with Gasteiger partial charge in [0.2, 0.25) is 0 Å². The first-order valence-corrected chi connectivity index (χ1v) is 9.84. The molecule has 2 amide bonds. The molecule has 2 rings (SSSR count). The van der Waals surface area contributed by atoms with Crippen molar-refractivity contribution in [2.24, 2.45) is 0 Å². The molecule has 2 saturated heterocycles. The van der Waals surface area contributed by atoms with Crippen molar-refractivity contribution in [3.8, 4) is 0 Å². The number of hydrogen-bond acceptors (Lipinski definition) is 5. The standard InChI is InChI=1S/C15H25N3O4S/c1-16(2)10-13-14(23(3,21)22)12(11-19)6-9-18(13)15(20)17-7-4-5-8-17/h13-14H,4-10H2,1-3H3. The molecule has 7 nitrogen and oxygen atoms in total. The average molecular weight is 343 g/mol. The lowest BCUT2D eigenvalue weighted by molar-refractivity contribution is 0.122. The smallest absolute Gasteiger partial charge is 0.320 e. The maximum atomic E-state index is 12.8. The summed E-state index contributed by atoms with van der Waals surface area (Å²) in [6.07, 6.45) is 3.35. The van der Waals surface area contributed by atoms with Crippen molar-refractivity contribution < 1.29 is 18.0 Å². The van der Waals surface area contributed by atoms with Crippen LogP contribution in [-0.4, -0.2) is 92.9 Å². The minimum Gasteiger partial charge on any atom is -0.325 e. The molecule has 0 aromatic rings. The number of carbonyl (C=O) groups excluding carboxylic acids is 2. The van der Waals surface area contributed by atoms with Gasteiger partial charge in [0.15, 0.2) is 9.84 Å². The van der Waals surface area contributed by atoms with E-state index in [-0.39, 0.29) is 18.0 Å². The van der Waals surface area contributed by atoms with Crippen LogP contribution in [0.25, 0.3) is 0 Å². The number of hydrogen-bond donors (Lipinski definition) is 0. The van der Waals surface area contributed by atoms with E-state index >= 15 is 0 Å². The minimum absolute atomic E-state index is 0.118. The van der Waals surface area contributed by atoms with Crippen LogP contribution in [0.3, 0.4) is 0 Å². The first kappa shape index (κ1) is 18.0. The Labute approximate surface area is 137 Å². The first-order chi connectivity index (χ1) is 10.8. The monoisotopic (exact) mass is 343 g/mol. The van der Waals surface area contributed by atoms with E-state index in [1.54, 1.807) is 9.80 Å². The fraction of sp³-hybridized carbons (Fsp3) is 0.800. The summed E-state index contributed by atoms with van der Waals surface area (Å²) in [5.74, 6) is 1.81. The molecule has 0 radical (unpaired) electrons. The number of sulfone groups is 1. The molecule has 0 N–H and O–H groups in total. The van der Waals surface area contributed by atoms with E-state index in [1.165, 1.54) is 0 Å². The minimum atomic E-state index is -3.51. The van der Waals surface area contributed by atoms with Gasteiger partial charge in [-0.2, -0.15) is 0 Å². The van der Waals surface area contributed by atoms with Crippen molar-refractivity contribution in [1.29, 1.82) is 0 Å². The molecule has 2 atom stereocenters. The van der Waals surface area contributed by atoms with Crippen LogP contribution in [0.1, 0.15) is 19.3 Å². The number of rotatable bonds is 3. The molecule has 0 spiro atoms. The van der Waals surface area contributed by atoms with Crippen LogP contribution in [-0.2, 0) is 14.6 Å². The second-order valence-corrected chi connectivity index (χ2v) is 8.79. The van der Waals surface area contributed by atoms with Gasteiger partial charge in [-0.05, 0) is 33.4 Å². The van der Waals surface area contributed by atoms with E-state index in [0.717, 1.165) is 19.1 Å². The summed E-state index contributed by atoms with van der Waals surface area (Å²) in [7, 11) is 0.150. The SMILES string of the molecule is CN(C)CC1C(S(C)(=O)=O)C(=C=O)CCN1C(=O)N1CCCC1. The van der Waals surface area contributed by atoms with Crippen LogP contribution in [0.15, 0.2) is 5.57 Å². The molecule has 0 aliphatic carbocycles. The van der Waals surface area contributed by atoms with Gasteiger partial charge in [0.05, 0.1) is 6.04 Å². The Morgan fingerprint density at radius 2 is 1.87 bits per heavy atom. The van der Waals surface area contributed by atoms with E-state index in [4.69, 9.17) is 0 Å². The van der Waals surface area contributed by atoms with Crippen molar-refractivity contribution in [1.82, 2.24) is 14.7 Å². The number of likely N-dealkylation sites (tertiary alicyclic amines) is 2. The Morgan fingerprint density at radius 3 is 2.35 bits per heavy atom. The second-order valence-electron chi connectivity index (χ2n) is 6.63. The third-order valence-corrected chi connectivity index (χ3v) is 6.00. The van der Waals surface area contributed by atoms with E-state index < -0.39 is 21.1 Å². The van der Waals surface area contributed by atoms with Crippen molar-refractivity contribution in [3.63, 3.8) is 0 Å². The summed E-state index contributed by atoms with van der Waals surface area (Å²) in [6.45, 7) is 2.18.